The van der Waals surface area contributed by atoms with Gasteiger partial charge >= 0.3 is 0 Å². The number of nitrogens with one attached hydrogen (secondary N) is 1. The Labute approximate surface area is 125 Å². The first-order valence-corrected chi connectivity index (χ1v) is 7.24. The van der Waals surface area contributed by atoms with Gasteiger partial charge in [-0.05, 0) is 42.3 Å². The lowest BCUT2D eigenvalue weighted by Gasteiger charge is -2.19. The monoisotopic (exact) mass is 341 g/mol. The Morgan fingerprint density at radius 2 is 2.05 bits per heavy atom. The lowest BCUT2D eigenvalue weighted by Crippen LogP contribution is -2.10. The second-order valence-electron chi connectivity index (χ2n) is 4.28. The molecular weight excluding hydrogens is 329 g/mol. The van der Waals surface area contributed by atoms with Crippen LogP contribution < -0.4 is 5.32 Å². The SMILES string of the molecule is CCC(Nc1ccc(Br)cc1F)c1cccc(Cl)c1. The first-order chi connectivity index (χ1) is 9.10. The van der Waals surface area contributed by atoms with E-state index in [1.165, 1.54) is 6.07 Å². The number of rotatable bonds is 4. The molecule has 0 saturated heterocycles. The van der Waals surface area contributed by atoms with E-state index in [1.807, 2.05) is 30.3 Å². The molecule has 0 aromatic heterocycles. The normalized spacial score (nSPS) is 12.2. The van der Waals surface area contributed by atoms with Crippen LogP contribution in [0.5, 0.6) is 0 Å². The highest BCUT2D eigenvalue weighted by Crippen LogP contribution is 2.27. The van der Waals surface area contributed by atoms with E-state index >= 15 is 0 Å². The van der Waals surface area contributed by atoms with Gasteiger partial charge in [-0.15, -0.1) is 0 Å². The molecule has 0 radical (unpaired) electrons. The molecule has 0 aliphatic carbocycles. The van der Waals surface area contributed by atoms with E-state index in [4.69, 9.17) is 11.6 Å². The van der Waals surface area contributed by atoms with Gasteiger partial charge in [0.2, 0.25) is 0 Å². The molecule has 0 spiro atoms. The molecule has 4 heteroatoms. The standard InChI is InChI=1S/C15H14BrClFN/c1-2-14(10-4-3-5-12(17)8-10)19-15-7-6-11(16)9-13(15)18/h3-9,14,19H,2H2,1H3. The molecule has 0 fully saturated rings. The largest absolute Gasteiger partial charge is 0.376 e. The Hall–Kier alpha value is -1.06. The van der Waals surface area contributed by atoms with Crippen LogP contribution in [0.15, 0.2) is 46.9 Å². The Morgan fingerprint density at radius 3 is 2.68 bits per heavy atom. The summed E-state index contributed by atoms with van der Waals surface area (Å²) in [6.07, 6.45) is 0.843. The molecule has 0 amide bonds. The van der Waals surface area contributed by atoms with Crippen molar-refractivity contribution in [2.75, 3.05) is 5.32 Å². The van der Waals surface area contributed by atoms with E-state index in [1.54, 1.807) is 6.07 Å². The van der Waals surface area contributed by atoms with Gasteiger partial charge in [-0.3, -0.25) is 0 Å². The fraction of sp³-hybridized carbons (Fsp3) is 0.200. The van der Waals surface area contributed by atoms with Crippen molar-refractivity contribution in [1.82, 2.24) is 0 Å². The van der Waals surface area contributed by atoms with Gasteiger partial charge in [-0.25, -0.2) is 4.39 Å². The zero-order valence-corrected chi connectivity index (χ0v) is 12.8. The third-order valence-corrected chi connectivity index (χ3v) is 3.65. The molecule has 2 aromatic rings. The van der Waals surface area contributed by atoms with Crippen molar-refractivity contribution in [1.29, 1.82) is 0 Å². The quantitative estimate of drug-likeness (QED) is 0.740. The van der Waals surface area contributed by atoms with Gasteiger partial charge in [0.15, 0.2) is 0 Å². The van der Waals surface area contributed by atoms with Crippen LogP contribution in [0.25, 0.3) is 0 Å². The molecule has 0 aliphatic heterocycles. The van der Waals surface area contributed by atoms with Gasteiger partial charge in [0.05, 0.1) is 11.7 Å². The third-order valence-electron chi connectivity index (χ3n) is 2.92. The summed E-state index contributed by atoms with van der Waals surface area (Å²) in [7, 11) is 0. The van der Waals surface area contributed by atoms with E-state index in [-0.39, 0.29) is 11.9 Å². The molecule has 0 saturated carbocycles. The van der Waals surface area contributed by atoms with Gasteiger partial charge in [0.1, 0.15) is 5.82 Å². The molecule has 0 bridgehead atoms. The molecular formula is C15H14BrClFN. The lowest BCUT2D eigenvalue weighted by atomic mass is 10.0. The minimum Gasteiger partial charge on any atom is -0.376 e. The number of benzene rings is 2. The third kappa shape index (κ3) is 3.71. The van der Waals surface area contributed by atoms with Crippen molar-refractivity contribution in [2.45, 2.75) is 19.4 Å². The maximum absolute atomic E-state index is 13.8. The van der Waals surface area contributed by atoms with Crippen molar-refractivity contribution in [3.63, 3.8) is 0 Å². The van der Waals surface area contributed by atoms with Crippen LogP contribution in [0.3, 0.4) is 0 Å². The minimum absolute atomic E-state index is 0.0365. The molecule has 100 valence electrons. The zero-order valence-electron chi connectivity index (χ0n) is 10.5. The van der Waals surface area contributed by atoms with Crippen LogP contribution >= 0.6 is 27.5 Å². The molecule has 1 unspecified atom stereocenters. The van der Waals surface area contributed by atoms with Gasteiger partial charge in [-0.2, -0.15) is 0 Å². The number of hydrogen-bond acceptors (Lipinski definition) is 1. The molecule has 0 aliphatic rings. The van der Waals surface area contributed by atoms with Gasteiger partial charge in [0, 0.05) is 9.50 Å². The van der Waals surface area contributed by atoms with Crippen LogP contribution in [-0.2, 0) is 0 Å². The Morgan fingerprint density at radius 1 is 1.26 bits per heavy atom. The summed E-state index contributed by atoms with van der Waals surface area (Å²) in [5.41, 5.74) is 1.55. The van der Waals surface area contributed by atoms with Crippen molar-refractivity contribution < 1.29 is 4.39 Å². The molecule has 2 aromatic carbocycles. The maximum Gasteiger partial charge on any atom is 0.147 e. The van der Waals surface area contributed by atoms with E-state index < -0.39 is 0 Å². The summed E-state index contributed by atoms with van der Waals surface area (Å²) in [5, 5.41) is 3.90. The molecule has 1 nitrogen and oxygen atoms in total. The smallest absolute Gasteiger partial charge is 0.147 e. The fourth-order valence-electron chi connectivity index (χ4n) is 1.94. The Kier molecular flexibility index (Phi) is 4.83. The van der Waals surface area contributed by atoms with Gasteiger partial charge < -0.3 is 5.32 Å². The molecule has 0 heterocycles. The van der Waals surface area contributed by atoms with E-state index in [0.29, 0.717) is 10.7 Å². The topological polar surface area (TPSA) is 12.0 Å². The molecule has 1 N–H and O–H groups in total. The Balaban J connectivity index is 2.24. The zero-order chi connectivity index (χ0) is 13.8. The Bertz CT molecular complexity index is 574. The average Bonchev–Trinajstić information content (AvgIpc) is 2.38. The predicted molar refractivity (Wildman–Crippen MR) is 82.2 cm³/mol. The van der Waals surface area contributed by atoms with E-state index in [0.717, 1.165) is 16.5 Å². The van der Waals surface area contributed by atoms with Crippen LogP contribution in [0.4, 0.5) is 10.1 Å². The predicted octanol–water partition coefficient (Wildman–Crippen LogP) is 5.80. The van der Waals surface area contributed by atoms with Crippen molar-refractivity contribution in [3.05, 3.63) is 63.3 Å². The maximum atomic E-state index is 13.8. The van der Waals surface area contributed by atoms with Crippen LogP contribution in [0, 0.1) is 5.82 Å². The second kappa shape index (κ2) is 6.40. The summed E-state index contributed by atoms with van der Waals surface area (Å²) in [4.78, 5) is 0. The van der Waals surface area contributed by atoms with E-state index in [9.17, 15) is 4.39 Å². The summed E-state index contributed by atoms with van der Waals surface area (Å²) in [5.74, 6) is -0.269. The fourth-order valence-corrected chi connectivity index (χ4v) is 2.47. The average molecular weight is 343 g/mol. The molecule has 19 heavy (non-hydrogen) atoms. The summed E-state index contributed by atoms with van der Waals surface area (Å²) >= 11 is 9.24. The first kappa shape index (κ1) is 14.4. The van der Waals surface area contributed by atoms with Crippen LogP contribution in [0.1, 0.15) is 24.9 Å². The van der Waals surface area contributed by atoms with E-state index in [2.05, 4.69) is 28.2 Å². The van der Waals surface area contributed by atoms with Crippen molar-refractivity contribution >= 4 is 33.2 Å². The molecule has 2 rings (SSSR count). The van der Waals surface area contributed by atoms with Crippen molar-refractivity contribution in [3.8, 4) is 0 Å². The summed E-state index contributed by atoms with van der Waals surface area (Å²) in [6, 6.07) is 12.7. The highest BCUT2D eigenvalue weighted by atomic mass is 79.9. The number of hydrogen-bond donors (Lipinski definition) is 1. The first-order valence-electron chi connectivity index (χ1n) is 6.07. The minimum atomic E-state index is -0.269. The van der Waals surface area contributed by atoms with Crippen LogP contribution in [-0.4, -0.2) is 0 Å². The number of halogens is 3. The van der Waals surface area contributed by atoms with Gasteiger partial charge in [0.25, 0.3) is 0 Å². The highest BCUT2D eigenvalue weighted by Gasteiger charge is 2.12. The lowest BCUT2D eigenvalue weighted by molar-refractivity contribution is 0.623. The van der Waals surface area contributed by atoms with Crippen molar-refractivity contribution in [2.24, 2.45) is 0 Å². The molecule has 1 atom stereocenters. The highest BCUT2D eigenvalue weighted by molar-refractivity contribution is 9.10. The van der Waals surface area contributed by atoms with Crippen LogP contribution in [0.2, 0.25) is 5.02 Å². The van der Waals surface area contributed by atoms with Gasteiger partial charge in [-0.1, -0.05) is 46.6 Å². The summed E-state index contributed by atoms with van der Waals surface area (Å²) in [6.45, 7) is 2.05. The number of anilines is 1. The summed E-state index contributed by atoms with van der Waals surface area (Å²) < 4.78 is 14.6. The second-order valence-corrected chi connectivity index (χ2v) is 5.64.